The third-order valence-corrected chi connectivity index (χ3v) is 4.69. The summed E-state index contributed by atoms with van der Waals surface area (Å²) in [4.78, 5) is 28.5. The van der Waals surface area contributed by atoms with E-state index >= 15 is 0 Å². The zero-order valence-electron chi connectivity index (χ0n) is 17.8. The first-order valence-corrected chi connectivity index (χ1v) is 10.3. The first kappa shape index (κ1) is 24.1. The minimum absolute atomic E-state index is 0.190. The summed E-state index contributed by atoms with van der Waals surface area (Å²) in [5, 5.41) is 7.88. The highest BCUT2D eigenvalue weighted by Crippen LogP contribution is 2.11. The van der Waals surface area contributed by atoms with Gasteiger partial charge < -0.3 is 25.8 Å². The van der Waals surface area contributed by atoms with Crippen LogP contribution in [0.2, 0.25) is 0 Å². The molecule has 0 aliphatic rings. The quantitative estimate of drug-likeness (QED) is 0.531. The Morgan fingerprint density at radius 2 is 1.42 bits per heavy atom. The zero-order chi connectivity index (χ0) is 22.6. The molecule has 2 rings (SSSR count). The van der Waals surface area contributed by atoms with Crippen molar-refractivity contribution in [3.05, 3.63) is 60.2 Å². The summed E-state index contributed by atoms with van der Waals surface area (Å²) < 4.78 is 26.6. The van der Waals surface area contributed by atoms with Crippen molar-refractivity contribution in [2.45, 2.75) is 13.8 Å². The molecule has 0 atom stereocenters. The van der Waals surface area contributed by atoms with Crippen molar-refractivity contribution in [1.29, 1.82) is 0 Å². The molecule has 0 radical (unpaired) electrons. The number of amides is 4. The van der Waals surface area contributed by atoms with E-state index in [0.29, 0.717) is 24.5 Å². The van der Waals surface area contributed by atoms with Gasteiger partial charge in [-0.05, 0) is 49.5 Å². The molecule has 0 aromatic heterocycles. The SMILES string of the molecule is CCN(CC)CCN(CCNC(=O)Nc1cccc(F)c1)C(=O)Nc1cccc(F)c1. The highest BCUT2D eigenvalue weighted by Gasteiger charge is 2.15. The number of hydrogen-bond acceptors (Lipinski definition) is 3. The zero-order valence-corrected chi connectivity index (χ0v) is 17.8. The van der Waals surface area contributed by atoms with E-state index < -0.39 is 17.7 Å². The third-order valence-electron chi connectivity index (χ3n) is 4.69. The molecular weight excluding hydrogens is 404 g/mol. The van der Waals surface area contributed by atoms with E-state index in [2.05, 4.69) is 20.9 Å². The van der Waals surface area contributed by atoms with Gasteiger partial charge in [-0.15, -0.1) is 0 Å². The first-order valence-electron chi connectivity index (χ1n) is 10.3. The van der Waals surface area contributed by atoms with Gasteiger partial charge in [0.1, 0.15) is 11.6 Å². The van der Waals surface area contributed by atoms with Crippen LogP contribution in [-0.4, -0.2) is 61.1 Å². The van der Waals surface area contributed by atoms with Crippen LogP contribution in [0.3, 0.4) is 0 Å². The van der Waals surface area contributed by atoms with Crippen molar-refractivity contribution in [2.75, 3.05) is 49.9 Å². The summed E-state index contributed by atoms with van der Waals surface area (Å²) in [5.74, 6) is -0.891. The Morgan fingerprint density at radius 1 is 0.839 bits per heavy atom. The normalized spacial score (nSPS) is 10.6. The number of likely N-dealkylation sites (N-methyl/N-ethyl adjacent to an activating group) is 1. The van der Waals surface area contributed by atoms with Crippen LogP contribution >= 0.6 is 0 Å². The van der Waals surface area contributed by atoms with E-state index in [1.54, 1.807) is 17.0 Å². The van der Waals surface area contributed by atoms with Crippen LogP contribution in [0.15, 0.2) is 48.5 Å². The van der Waals surface area contributed by atoms with Gasteiger partial charge in [0.05, 0.1) is 0 Å². The Labute approximate surface area is 181 Å². The second kappa shape index (κ2) is 12.5. The number of nitrogens with zero attached hydrogens (tertiary/aromatic N) is 2. The summed E-state index contributed by atoms with van der Waals surface area (Å²) in [7, 11) is 0. The maximum Gasteiger partial charge on any atom is 0.321 e. The lowest BCUT2D eigenvalue weighted by Crippen LogP contribution is -2.45. The summed E-state index contributed by atoms with van der Waals surface area (Å²) >= 11 is 0. The molecule has 31 heavy (non-hydrogen) atoms. The highest BCUT2D eigenvalue weighted by atomic mass is 19.1. The number of urea groups is 2. The van der Waals surface area contributed by atoms with E-state index in [9.17, 15) is 18.4 Å². The van der Waals surface area contributed by atoms with Crippen molar-refractivity contribution >= 4 is 23.4 Å². The van der Waals surface area contributed by atoms with Crippen molar-refractivity contribution in [2.24, 2.45) is 0 Å². The minimum Gasteiger partial charge on any atom is -0.336 e. The predicted octanol–water partition coefficient (Wildman–Crippen LogP) is 3.96. The highest BCUT2D eigenvalue weighted by molar-refractivity contribution is 5.90. The average molecular weight is 434 g/mol. The first-order chi connectivity index (χ1) is 14.9. The molecule has 7 nitrogen and oxygen atoms in total. The molecule has 0 fully saturated rings. The molecule has 0 saturated carbocycles. The van der Waals surface area contributed by atoms with Crippen LogP contribution in [0.1, 0.15) is 13.8 Å². The van der Waals surface area contributed by atoms with Crippen LogP contribution in [0.5, 0.6) is 0 Å². The number of halogens is 2. The van der Waals surface area contributed by atoms with E-state index in [1.807, 2.05) is 13.8 Å². The number of benzene rings is 2. The fourth-order valence-corrected chi connectivity index (χ4v) is 2.93. The molecule has 0 aliphatic carbocycles. The minimum atomic E-state index is -0.500. The fourth-order valence-electron chi connectivity index (χ4n) is 2.93. The number of anilines is 2. The summed E-state index contributed by atoms with van der Waals surface area (Å²) in [6.45, 7) is 7.33. The summed E-state index contributed by atoms with van der Waals surface area (Å²) in [6, 6.07) is 10.3. The molecule has 0 unspecified atom stereocenters. The Morgan fingerprint density at radius 3 is 1.97 bits per heavy atom. The molecule has 9 heteroatoms. The molecule has 0 aliphatic heterocycles. The van der Waals surface area contributed by atoms with Gasteiger partial charge in [-0.2, -0.15) is 0 Å². The van der Waals surface area contributed by atoms with Crippen LogP contribution in [0.4, 0.5) is 29.7 Å². The number of nitrogens with one attached hydrogen (secondary N) is 3. The Kier molecular flexibility index (Phi) is 9.70. The van der Waals surface area contributed by atoms with Gasteiger partial charge in [-0.1, -0.05) is 26.0 Å². The van der Waals surface area contributed by atoms with Crippen LogP contribution in [0.25, 0.3) is 0 Å². The van der Waals surface area contributed by atoms with Crippen molar-refractivity contribution in [1.82, 2.24) is 15.1 Å². The Balaban J connectivity index is 1.92. The topological polar surface area (TPSA) is 76.7 Å². The average Bonchev–Trinajstić information content (AvgIpc) is 2.73. The van der Waals surface area contributed by atoms with Crippen molar-refractivity contribution in [3.8, 4) is 0 Å². The van der Waals surface area contributed by atoms with Gasteiger partial charge in [0.2, 0.25) is 0 Å². The Bertz CT molecular complexity index is 861. The van der Waals surface area contributed by atoms with Crippen LogP contribution < -0.4 is 16.0 Å². The molecule has 3 N–H and O–H groups in total. The summed E-state index contributed by atoms with van der Waals surface area (Å²) in [6.07, 6.45) is 0. The molecule has 0 bridgehead atoms. The molecule has 2 aromatic carbocycles. The van der Waals surface area contributed by atoms with Gasteiger partial charge in [0.25, 0.3) is 0 Å². The maximum atomic E-state index is 13.4. The molecule has 0 spiro atoms. The van der Waals surface area contributed by atoms with E-state index in [4.69, 9.17) is 0 Å². The second-order valence-electron chi connectivity index (χ2n) is 6.85. The number of carbonyl (C=O) groups excluding carboxylic acids is 2. The molecule has 168 valence electrons. The van der Waals surface area contributed by atoms with Crippen LogP contribution in [0, 0.1) is 11.6 Å². The van der Waals surface area contributed by atoms with Gasteiger partial charge in [-0.3, -0.25) is 0 Å². The molecule has 0 heterocycles. The molecular formula is C22H29F2N5O2. The van der Waals surface area contributed by atoms with E-state index in [0.717, 1.165) is 13.1 Å². The van der Waals surface area contributed by atoms with Crippen LogP contribution in [-0.2, 0) is 0 Å². The monoisotopic (exact) mass is 433 g/mol. The number of rotatable bonds is 10. The molecule has 2 aromatic rings. The third kappa shape index (κ3) is 8.59. The van der Waals surface area contributed by atoms with Crippen molar-refractivity contribution in [3.63, 3.8) is 0 Å². The smallest absolute Gasteiger partial charge is 0.321 e. The number of carbonyl (C=O) groups is 2. The standard InChI is InChI=1S/C22H29F2N5O2/c1-3-28(4-2)13-14-29(22(31)27-20-10-6-8-18(24)16-20)12-11-25-21(30)26-19-9-5-7-17(23)15-19/h5-10,15-16H,3-4,11-14H2,1-2H3,(H,27,31)(H2,25,26,30). The molecule has 4 amide bonds. The van der Waals surface area contributed by atoms with Crippen molar-refractivity contribution < 1.29 is 18.4 Å². The predicted molar refractivity (Wildman–Crippen MR) is 118 cm³/mol. The van der Waals surface area contributed by atoms with Gasteiger partial charge in [-0.25, -0.2) is 18.4 Å². The van der Waals surface area contributed by atoms with Gasteiger partial charge in [0, 0.05) is 37.6 Å². The second-order valence-corrected chi connectivity index (χ2v) is 6.85. The largest absolute Gasteiger partial charge is 0.336 e. The lowest BCUT2D eigenvalue weighted by atomic mass is 10.3. The van der Waals surface area contributed by atoms with E-state index in [1.165, 1.54) is 36.4 Å². The fraction of sp³-hybridized carbons (Fsp3) is 0.364. The van der Waals surface area contributed by atoms with E-state index in [-0.39, 0.29) is 19.1 Å². The number of hydrogen-bond donors (Lipinski definition) is 3. The van der Waals surface area contributed by atoms with Gasteiger partial charge in [0.15, 0.2) is 0 Å². The maximum absolute atomic E-state index is 13.4. The Hall–Kier alpha value is -3.20. The molecule has 0 saturated heterocycles. The lowest BCUT2D eigenvalue weighted by Gasteiger charge is -2.27. The van der Waals surface area contributed by atoms with Gasteiger partial charge >= 0.3 is 12.1 Å². The lowest BCUT2D eigenvalue weighted by molar-refractivity contribution is 0.197. The summed E-state index contributed by atoms with van der Waals surface area (Å²) in [5.41, 5.74) is 0.689.